The molecule has 8 nitrogen and oxygen atoms in total. The Bertz CT molecular complexity index is 767. The molecule has 1 aromatic heterocycles. The highest BCUT2D eigenvalue weighted by Crippen LogP contribution is 2.22. The first-order valence-electron chi connectivity index (χ1n) is 9.69. The summed E-state index contributed by atoms with van der Waals surface area (Å²) in [6.07, 6.45) is 2.06. The first kappa shape index (κ1) is 20.1. The third-order valence-corrected chi connectivity index (χ3v) is 5.12. The van der Waals surface area contributed by atoms with Gasteiger partial charge in [-0.15, -0.1) is 0 Å². The molecular weight excluding hydrogens is 360 g/mol. The third kappa shape index (κ3) is 5.01. The predicted octanol–water partition coefficient (Wildman–Crippen LogP) is 2.87. The van der Waals surface area contributed by atoms with E-state index >= 15 is 0 Å². The minimum absolute atomic E-state index is 0.262. The van der Waals surface area contributed by atoms with Crippen molar-refractivity contribution in [3.8, 4) is 5.75 Å². The van der Waals surface area contributed by atoms with E-state index in [4.69, 9.17) is 14.4 Å². The Kier molecular flexibility index (Phi) is 6.51. The number of carbonyl (C=O) groups is 1. The van der Waals surface area contributed by atoms with Gasteiger partial charge < -0.3 is 19.3 Å². The Balaban J connectivity index is 1.41. The van der Waals surface area contributed by atoms with Crippen molar-refractivity contribution in [2.75, 3.05) is 38.2 Å². The van der Waals surface area contributed by atoms with Gasteiger partial charge in [0.2, 0.25) is 0 Å². The first-order valence-corrected chi connectivity index (χ1v) is 9.69. The summed E-state index contributed by atoms with van der Waals surface area (Å²) in [5.41, 5.74) is 0.262. The van der Waals surface area contributed by atoms with E-state index < -0.39 is 5.97 Å². The highest BCUT2D eigenvalue weighted by Gasteiger charge is 2.25. The van der Waals surface area contributed by atoms with Crippen molar-refractivity contribution in [2.45, 2.75) is 38.6 Å². The molecule has 2 heterocycles. The molecule has 1 aliphatic heterocycles. The van der Waals surface area contributed by atoms with Crippen LogP contribution in [0.25, 0.3) is 0 Å². The fraction of sp³-hybridized carbons (Fsp3) is 0.550. The van der Waals surface area contributed by atoms with Crippen molar-refractivity contribution in [2.24, 2.45) is 0 Å². The molecule has 1 aliphatic rings. The molecule has 0 spiro atoms. The maximum Gasteiger partial charge on any atom is 0.335 e. The molecule has 28 heavy (non-hydrogen) atoms. The van der Waals surface area contributed by atoms with E-state index in [9.17, 15) is 4.79 Å². The summed E-state index contributed by atoms with van der Waals surface area (Å²) >= 11 is 0. The number of aromatic carboxylic acids is 1. The van der Waals surface area contributed by atoms with E-state index in [0.29, 0.717) is 24.4 Å². The lowest BCUT2D eigenvalue weighted by Crippen LogP contribution is -2.44. The van der Waals surface area contributed by atoms with Gasteiger partial charge in [0.1, 0.15) is 12.4 Å². The average Bonchev–Trinajstić information content (AvgIpc) is 3.19. The Morgan fingerprint density at radius 1 is 1.32 bits per heavy atom. The molecule has 0 unspecified atom stereocenters. The lowest BCUT2D eigenvalue weighted by molar-refractivity contribution is 0.0697. The smallest absolute Gasteiger partial charge is 0.335 e. The van der Waals surface area contributed by atoms with E-state index in [-0.39, 0.29) is 11.5 Å². The van der Waals surface area contributed by atoms with Crippen LogP contribution in [0.15, 0.2) is 28.8 Å². The van der Waals surface area contributed by atoms with Crippen LogP contribution in [0, 0.1) is 0 Å². The van der Waals surface area contributed by atoms with Gasteiger partial charge in [-0.05, 0) is 44.2 Å². The minimum atomic E-state index is -0.932. The number of anilines is 1. The van der Waals surface area contributed by atoms with Crippen molar-refractivity contribution < 1.29 is 19.2 Å². The van der Waals surface area contributed by atoms with Gasteiger partial charge in [0, 0.05) is 31.6 Å². The molecule has 0 saturated carbocycles. The minimum Gasteiger partial charge on any atom is -0.492 e. The van der Waals surface area contributed by atoms with Crippen LogP contribution in [0.1, 0.15) is 48.8 Å². The zero-order chi connectivity index (χ0) is 20.1. The second-order valence-electron chi connectivity index (χ2n) is 7.47. The van der Waals surface area contributed by atoms with E-state index in [1.54, 1.807) is 24.3 Å². The van der Waals surface area contributed by atoms with Gasteiger partial charge in [-0.25, -0.2) is 4.79 Å². The number of aromatic nitrogens is 2. The zero-order valence-electron chi connectivity index (χ0n) is 16.7. The van der Waals surface area contributed by atoms with Crippen LogP contribution in [-0.2, 0) is 0 Å². The lowest BCUT2D eigenvalue weighted by Gasteiger charge is -2.35. The summed E-state index contributed by atoms with van der Waals surface area (Å²) in [7, 11) is 2.11. The van der Waals surface area contributed by atoms with Gasteiger partial charge in [-0.1, -0.05) is 19.0 Å². The third-order valence-electron chi connectivity index (χ3n) is 5.12. The van der Waals surface area contributed by atoms with Crippen molar-refractivity contribution in [1.29, 1.82) is 0 Å². The van der Waals surface area contributed by atoms with Crippen LogP contribution in [0.3, 0.4) is 0 Å². The van der Waals surface area contributed by atoms with Crippen LogP contribution < -0.4 is 9.64 Å². The largest absolute Gasteiger partial charge is 0.492 e. The SMILES string of the molecule is CC(C)c1noc(N2CCC(N(C)CCOc3ccc(C(=O)O)cc3)CC2)n1. The van der Waals surface area contributed by atoms with Crippen LogP contribution in [0.4, 0.5) is 6.01 Å². The molecular formula is C20H28N4O4. The number of likely N-dealkylation sites (N-methyl/N-ethyl adjacent to an activating group) is 1. The summed E-state index contributed by atoms with van der Waals surface area (Å²) in [4.78, 5) is 19.8. The second-order valence-corrected chi connectivity index (χ2v) is 7.47. The maximum absolute atomic E-state index is 10.9. The molecule has 0 radical (unpaired) electrons. The normalized spacial score (nSPS) is 15.4. The van der Waals surface area contributed by atoms with Gasteiger partial charge in [-0.3, -0.25) is 4.90 Å². The highest BCUT2D eigenvalue weighted by atomic mass is 16.5. The Morgan fingerprint density at radius 3 is 2.57 bits per heavy atom. The van der Waals surface area contributed by atoms with Crippen molar-refractivity contribution in [3.05, 3.63) is 35.7 Å². The van der Waals surface area contributed by atoms with E-state index in [1.807, 2.05) is 0 Å². The molecule has 1 fully saturated rings. The molecule has 0 bridgehead atoms. The van der Waals surface area contributed by atoms with Gasteiger partial charge in [0.05, 0.1) is 5.56 Å². The van der Waals surface area contributed by atoms with E-state index in [2.05, 4.69) is 40.8 Å². The number of benzene rings is 1. The zero-order valence-corrected chi connectivity index (χ0v) is 16.7. The number of hydrogen-bond acceptors (Lipinski definition) is 7. The fourth-order valence-corrected chi connectivity index (χ4v) is 3.27. The Hall–Kier alpha value is -2.61. The molecule has 2 aromatic rings. The molecule has 8 heteroatoms. The fourth-order valence-electron chi connectivity index (χ4n) is 3.27. The van der Waals surface area contributed by atoms with Gasteiger partial charge in [-0.2, -0.15) is 4.98 Å². The van der Waals surface area contributed by atoms with E-state index in [0.717, 1.165) is 38.3 Å². The van der Waals surface area contributed by atoms with Crippen LogP contribution in [0.5, 0.6) is 5.75 Å². The van der Waals surface area contributed by atoms with Gasteiger partial charge in [0.15, 0.2) is 5.82 Å². The summed E-state index contributed by atoms with van der Waals surface area (Å²) in [6.45, 7) is 7.27. The van der Waals surface area contributed by atoms with Gasteiger partial charge in [0.25, 0.3) is 0 Å². The quantitative estimate of drug-likeness (QED) is 0.738. The van der Waals surface area contributed by atoms with Crippen molar-refractivity contribution >= 4 is 12.0 Å². The molecule has 1 saturated heterocycles. The number of ether oxygens (including phenoxy) is 1. The highest BCUT2D eigenvalue weighted by molar-refractivity contribution is 5.87. The summed E-state index contributed by atoms with van der Waals surface area (Å²) in [6, 6.07) is 7.61. The molecule has 152 valence electrons. The maximum atomic E-state index is 10.9. The number of carboxylic acids is 1. The van der Waals surface area contributed by atoms with Gasteiger partial charge >= 0.3 is 12.0 Å². The standard InChI is InChI=1S/C20H28N4O4/c1-14(2)18-21-20(28-22-18)24-10-8-16(9-11-24)23(3)12-13-27-17-6-4-15(5-7-17)19(25)26/h4-7,14,16H,8-13H2,1-3H3,(H,25,26). The second kappa shape index (κ2) is 9.05. The molecule has 0 amide bonds. The summed E-state index contributed by atoms with van der Waals surface area (Å²) < 4.78 is 11.1. The van der Waals surface area contributed by atoms with E-state index in [1.165, 1.54) is 0 Å². The number of piperidine rings is 1. The number of hydrogen-bond donors (Lipinski definition) is 1. The summed E-state index contributed by atoms with van der Waals surface area (Å²) in [5, 5.41) is 13.0. The van der Waals surface area contributed by atoms with Crippen LogP contribution in [-0.4, -0.2) is 65.4 Å². The number of rotatable bonds is 8. The molecule has 3 rings (SSSR count). The predicted molar refractivity (Wildman–Crippen MR) is 105 cm³/mol. The molecule has 0 atom stereocenters. The molecule has 0 aliphatic carbocycles. The lowest BCUT2D eigenvalue weighted by atomic mass is 10.0. The number of carboxylic acid groups (broad SMARTS) is 1. The number of nitrogens with zero attached hydrogens (tertiary/aromatic N) is 4. The van der Waals surface area contributed by atoms with Crippen molar-refractivity contribution in [3.63, 3.8) is 0 Å². The first-order chi connectivity index (χ1) is 13.4. The monoisotopic (exact) mass is 388 g/mol. The summed E-state index contributed by atoms with van der Waals surface area (Å²) in [5.74, 6) is 0.772. The molecule has 1 aromatic carbocycles. The van der Waals surface area contributed by atoms with Crippen LogP contribution >= 0.6 is 0 Å². The Morgan fingerprint density at radius 2 is 2.00 bits per heavy atom. The average molecular weight is 388 g/mol. The van der Waals surface area contributed by atoms with Crippen molar-refractivity contribution in [1.82, 2.24) is 15.0 Å². The topological polar surface area (TPSA) is 91.9 Å². The molecule has 1 N–H and O–H groups in total. The Labute approximate surface area is 165 Å². The van der Waals surface area contributed by atoms with Crippen LogP contribution in [0.2, 0.25) is 0 Å².